The maximum atomic E-state index is 13.0. The van der Waals surface area contributed by atoms with Gasteiger partial charge in [-0.1, -0.05) is 41.6 Å². The Kier molecular flexibility index (Phi) is 8.69. The molecule has 4 aromatic rings. The Labute approximate surface area is 248 Å². The number of ether oxygens (including phenoxy) is 1. The number of sulfone groups is 1. The van der Waals surface area contributed by atoms with Gasteiger partial charge in [0.2, 0.25) is 0 Å². The first-order valence-corrected chi connectivity index (χ1v) is 14.9. The minimum Gasteiger partial charge on any atom is -0.464 e. The minimum absolute atomic E-state index is 0.0320. The molecule has 0 aliphatic rings. The first-order chi connectivity index (χ1) is 19.7. The largest absolute Gasteiger partial charge is 0.464 e. The fourth-order valence-electron chi connectivity index (χ4n) is 3.79. The predicted molar refractivity (Wildman–Crippen MR) is 157 cm³/mol. The number of hydrogen-bond acceptors (Lipinski definition) is 9. The molecule has 0 fully saturated rings. The molecule has 0 radical (unpaired) electrons. The van der Waals surface area contributed by atoms with Gasteiger partial charge in [0.25, 0.3) is 0 Å². The number of amides is 2. The number of carboxylic acid groups (broad SMARTS) is 1. The molecule has 2 heterocycles. The van der Waals surface area contributed by atoms with Crippen molar-refractivity contribution in [1.82, 2.24) is 15.1 Å². The van der Waals surface area contributed by atoms with Gasteiger partial charge in [0.05, 0.1) is 22.0 Å². The standard InChI is InChI=1S/C29H29ClN4O7S/c1-17(2)42(38,39)21-12-10-20(11-13-21)23-16-31-26(34(27(35)36)28(37)40-29(3,4)5)25(32-23)24-14-22(33-41-24)19-8-6-18(15-30)7-9-19/h6-14,16-17H,15H2,1-5H3,(H,35,36). The first kappa shape index (κ1) is 30.7. The smallest absolute Gasteiger partial charge is 0.425 e. The van der Waals surface area contributed by atoms with Gasteiger partial charge in [0, 0.05) is 23.1 Å². The summed E-state index contributed by atoms with van der Waals surface area (Å²) in [5, 5.41) is 13.5. The zero-order valence-corrected chi connectivity index (χ0v) is 25.1. The van der Waals surface area contributed by atoms with E-state index in [1.54, 1.807) is 65.0 Å². The number of nitrogens with zero attached hydrogens (tertiary/aromatic N) is 4. The summed E-state index contributed by atoms with van der Waals surface area (Å²) in [5.41, 5.74) is 1.70. The van der Waals surface area contributed by atoms with E-state index in [2.05, 4.69) is 15.1 Å². The third-order valence-corrected chi connectivity index (χ3v) is 8.46. The normalized spacial score (nSPS) is 11.9. The van der Waals surface area contributed by atoms with Crippen LogP contribution in [0.5, 0.6) is 0 Å². The van der Waals surface area contributed by atoms with Crippen LogP contribution in [0.25, 0.3) is 34.0 Å². The summed E-state index contributed by atoms with van der Waals surface area (Å²) in [6.07, 6.45) is -1.56. The van der Waals surface area contributed by atoms with E-state index in [0.29, 0.717) is 27.6 Å². The van der Waals surface area contributed by atoms with Crippen molar-refractivity contribution in [3.63, 3.8) is 0 Å². The molecule has 220 valence electrons. The lowest BCUT2D eigenvalue weighted by molar-refractivity contribution is 0.0581. The Morgan fingerprint density at radius 2 is 1.62 bits per heavy atom. The van der Waals surface area contributed by atoms with Gasteiger partial charge in [-0.25, -0.2) is 28.0 Å². The molecule has 0 saturated heterocycles. The minimum atomic E-state index is -3.50. The number of halogens is 1. The maximum Gasteiger partial charge on any atom is 0.425 e. The molecule has 2 aromatic heterocycles. The number of alkyl halides is 1. The van der Waals surface area contributed by atoms with E-state index in [-0.39, 0.29) is 27.9 Å². The number of carbonyl (C=O) groups excluding carboxylic acids is 1. The molecule has 42 heavy (non-hydrogen) atoms. The second-order valence-corrected chi connectivity index (χ2v) is 13.3. The van der Waals surface area contributed by atoms with E-state index in [9.17, 15) is 23.1 Å². The Morgan fingerprint density at radius 3 is 2.17 bits per heavy atom. The van der Waals surface area contributed by atoms with Crippen LogP contribution in [0.2, 0.25) is 0 Å². The van der Waals surface area contributed by atoms with Crippen molar-refractivity contribution in [2.24, 2.45) is 0 Å². The highest BCUT2D eigenvalue weighted by Crippen LogP contribution is 2.34. The van der Waals surface area contributed by atoms with Crippen molar-refractivity contribution in [3.05, 3.63) is 66.4 Å². The maximum absolute atomic E-state index is 13.0. The lowest BCUT2D eigenvalue weighted by atomic mass is 10.1. The zero-order chi connectivity index (χ0) is 30.8. The zero-order valence-electron chi connectivity index (χ0n) is 23.5. The van der Waals surface area contributed by atoms with Crippen LogP contribution in [0, 0.1) is 0 Å². The molecule has 11 nitrogen and oxygen atoms in total. The van der Waals surface area contributed by atoms with Crippen LogP contribution in [0.3, 0.4) is 0 Å². The highest BCUT2D eigenvalue weighted by molar-refractivity contribution is 7.92. The van der Waals surface area contributed by atoms with Gasteiger partial charge < -0.3 is 14.4 Å². The van der Waals surface area contributed by atoms with Crippen molar-refractivity contribution in [2.75, 3.05) is 4.90 Å². The van der Waals surface area contributed by atoms with Crippen LogP contribution in [-0.2, 0) is 20.5 Å². The van der Waals surface area contributed by atoms with Crippen molar-refractivity contribution in [3.8, 4) is 34.0 Å². The number of aromatic nitrogens is 3. The van der Waals surface area contributed by atoms with Crippen molar-refractivity contribution in [1.29, 1.82) is 0 Å². The summed E-state index contributed by atoms with van der Waals surface area (Å²) < 4.78 is 36.0. The summed E-state index contributed by atoms with van der Waals surface area (Å²) in [6.45, 7) is 7.99. The molecule has 13 heteroatoms. The molecule has 1 N–H and O–H groups in total. The molecule has 0 aliphatic carbocycles. The Morgan fingerprint density at radius 1 is 1.02 bits per heavy atom. The molecule has 0 aliphatic heterocycles. The van der Waals surface area contributed by atoms with E-state index in [1.807, 2.05) is 12.1 Å². The molecule has 2 aromatic carbocycles. The Balaban J connectivity index is 1.84. The fourth-order valence-corrected chi connectivity index (χ4v) is 5.03. The highest BCUT2D eigenvalue weighted by Gasteiger charge is 2.34. The van der Waals surface area contributed by atoms with Crippen molar-refractivity contribution < 1.29 is 32.4 Å². The van der Waals surface area contributed by atoms with Crippen LogP contribution < -0.4 is 4.90 Å². The molecule has 0 bridgehead atoms. The molecule has 0 atom stereocenters. The molecular weight excluding hydrogens is 584 g/mol. The summed E-state index contributed by atoms with van der Waals surface area (Å²) in [6, 6.07) is 14.9. The Hall–Kier alpha value is -4.29. The van der Waals surface area contributed by atoms with Crippen LogP contribution in [0.4, 0.5) is 15.4 Å². The van der Waals surface area contributed by atoms with E-state index in [0.717, 1.165) is 5.56 Å². The summed E-state index contributed by atoms with van der Waals surface area (Å²) in [4.78, 5) is 34.6. The van der Waals surface area contributed by atoms with Gasteiger partial charge in [0.15, 0.2) is 27.1 Å². The van der Waals surface area contributed by atoms with Crippen LogP contribution >= 0.6 is 11.6 Å². The molecular formula is C29H29ClN4O7S. The average Bonchev–Trinajstić information content (AvgIpc) is 3.42. The number of rotatable bonds is 7. The van der Waals surface area contributed by atoms with Gasteiger partial charge in [-0.3, -0.25) is 0 Å². The van der Waals surface area contributed by atoms with Crippen LogP contribution in [0.15, 0.2) is 70.2 Å². The molecule has 4 rings (SSSR count). The number of carbonyl (C=O) groups is 2. The molecule has 2 amide bonds. The fraction of sp³-hybridized carbons (Fsp3) is 0.276. The lowest BCUT2D eigenvalue weighted by Crippen LogP contribution is -2.41. The Bertz CT molecular complexity index is 1710. The van der Waals surface area contributed by atoms with Gasteiger partial charge in [-0.2, -0.15) is 4.90 Å². The van der Waals surface area contributed by atoms with E-state index in [4.69, 9.17) is 20.9 Å². The third kappa shape index (κ3) is 6.60. The van der Waals surface area contributed by atoms with E-state index in [1.165, 1.54) is 18.3 Å². The topological polar surface area (TPSA) is 153 Å². The summed E-state index contributed by atoms with van der Waals surface area (Å²) >= 11 is 5.89. The second kappa shape index (κ2) is 11.9. The van der Waals surface area contributed by atoms with Crippen LogP contribution in [-0.4, -0.2) is 51.7 Å². The second-order valence-electron chi connectivity index (χ2n) is 10.6. The monoisotopic (exact) mass is 612 g/mol. The first-order valence-electron chi connectivity index (χ1n) is 12.8. The number of benzene rings is 2. The molecule has 0 spiro atoms. The lowest BCUT2D eigenvalue weighted by Gasteiger charge is -2.24. The van der Waals surface area contributed by atoms with Crippen molar-refractivity contribution in [2.45, 2.75) is 56.2 Å². The SMILES string of the molecule is CC(C)S(=O)(=O)c1ccc(-c2cnc(N(C(=O)O)C(=O)OC(C)(C)C)c(-c3cc(-c4ccc(CCl)cc4)no3)n2)cc1. The molecule has 0 unspecified atom stereocenters. The van der Waals surface area contributed by atoms with Gasteiger partial charge in [0.1, 0.15) is 11.3 Å². The van der Waals surface area contributed by atoms with Crippen molar-refractivity contribution >= 4 is 39.4 Å². The summed E-state index contributed by atoms with van der Waals surface area (Å²) in [5.74, 6) is 0.0140. The predicted octanol–water partition coefficient (Wildman–Crippen LogP) is 6.81. The number of imide groups is 1. The van der Waals surface area contributed by atoms with Crippen LogP contribution in [0.1, 0.15) is 40.2 Å². The quantitative estimate of drug-likeness (QED) is 0.220. The van der Waals surface area contributed by atoms with Gasteiger partial charge in [-0.15, -0.1) is 11.6 Å². The number of hydrogen-bond donors (Lipinski definition) is 1. The molecule has 0 saturated carbocycles. The number of anilines is 1. The van der Waals surface area contributed by atoms with E-state index < -0.39 is 32.9 Å². The highest BCUT2D eigenvalue weighted by atomic mass is 35.5. The van der Waals surface area contributed by atoms with Gasteiger partial charge in [-0.05, 0) is 52.3 Å². The summed E-state index contributed by atoms with van der Waals surface area (Å²) in [7, 11) is -3.50. The van der Waals surface area contributed by atoms with Gasteiger partial charge >= 0.3 is 12.2 Å². The van der Waals surface area contributed by atoms with E-state index >= 15 is 0 Å². The third-order valence-electron chi connectivity index (χ3n) is 5.98. The average molecular weight is 613 g/mol.